The van der Waals surface area contributed by atoms with Crippen molar-refractivity contribution in [1.29, 1.82) is 0 Å². The van der Waals surface area contributed by atoms with Crippen molar-refractivity contribution in [3.05, 3.63) is 63.5 Å². The van der Waals surface area contributed by atoms with Crippen LogP contribution in [0.4, 0.5) is 0 Å². The van der Waals surface area contributed by atoms with Crippen LogP contribution in [0.2, 0.25) is 5.02 Å². The summed E-state index contributed by atoms with van der Waals surface area (Å²) >= 11 is 12.6. The van der Waals surface area contributed by atoms with Crippen LogP contribution in [0.15, 0.2) is 47.4 Å². The zero-order valence-electron chi connectivity index (χ0n) is 16.7. The Morgan fingerprint density at radius 2 is 1.83 bits per heavy atom. The third-order valence-corrected chi connectivity index (χ3v) is 5.81. The van der Waals surface area contributed by atoms with E-state index in [1.807, 2.05) is 69.3 Å². The fourth-order valence-corrected chi connectivity index (χ4v) is 4.59. The molecule has 0 saturated carbocycles. The van der Waals surface area contributed by atoms with Gasteiger partial charge in [-0.15, -0.1) is 0 Å². The van der Waals surface area contributed by atoms with Crippen molar-refractivity contribution >= 4 is 51.9 Å². The highest BCUT2D eigenvalue weighted by atomic mass is 35.5. The van der Waals surface area contributed by atoms with Crippen molar-refractivity contribution in [1.82, 2.24) is 4.90 Å². The van der Waals surface area contributed by atoms with Gasteiger partial charge >= 0.3 is 0 Å². The average Bonchev–Trinajstić information content (AvgIpc) is 2.95. The number of ether oxygens (including phenoxy) is 2. The van der Waals surface area contributed by atoms with Crippen molar-refractivity contribution in [3.8, 4) is 11.5 Å². The molecule has 0 bridgehead atoms. The summed E-state index contributed by atoms with van der Waals surface area (Å²) in [6, 6.07) is 13.1. The maximum Gasteiger partial charge on any atom is 0.266 e. The number of amides is 1. The van der Waals surface area contributed by atoms with Gasteiger partial charge in [0.1, 0.15) is 10.9 Å². The summed E-state index contributed by atoms with van der Waals surface area (Å²) in [5.41, 5.74) is 1.50. The number of methoxy groups -OCH3 is 1. The van der Waals surface area contributed by atoms with Crippen LogP contribution in [0, 0.1) is 0 Å². The number of carbonyl (C=O) groups excluding carboxylic acids is 1. The van der Waals surface area contributed by atoms with Crippen molar-refractivity contribution in [3.63, 3.8) is 0 Å². The zero-order valence-corrected chi connectivity index (χ0v) is 19.1. The second-order valence-corrected chi connectivity index (χ2v) is 9.63. The van der Waals surface area contributed by atoms with E-state index >= 15 is 0 Å². The minimum absolute atomic E-state index is 0.0745. The van der Waals surface area contributed by atoms with E-state index in [-0.39, 0.29) is 11.4 Å². The number of nitrogens with zero attached hydrogens (tertiary/aromatic N) is 1. The smallest absolute Gasteiger partial charge is 0.266 e. The van der Waals surface area contributed by atoms with Gasteiger partial charge in [-0.2, -0.15) is 0 Å². The van der Waals surface area contributed by atoms with E-state index in [1.165, 1.54) is 11.8 Å². The summed E-state index contributed by atoms with van der Waals surface area (Å²) < 4.78 is 11.9. The third kappa shape index (κ3) is 5.13. The SMILES string of the molecule is COc1cc(/C=C2\SC(=S)N(C(C)(C)C)C2=O)ccc1OCc1ccc(Cl)cc1. The van der Waals surface area contributed by atoms with E-state index in [1.54, 1.807) is 12.0 Å². The second-order valence-electron chi connectivity index (χ2n) is 7.51. The third-order valence-electron chi connectivity index (χ3n) is 4.26. The van der Waals surface area contributed by atoms with Gasteiger partial charge in [-0.1, -0.05) is 53.8 Å². The minimum atomic E-state index is -0.353. The molecule has 1 fully saturated rings. The fourth-order valence-electron chi connectivity index (χ4n) is 2.83. The topological polar surface area (TPSA) is 38.8 Å². The fraction of sp³-hybridized carbons (Fsp3) is 0.273. The first-order valence-electron chi connectivity index (χ1n) is 9.02. The van der Waals surface area contributed by atoms with Gasteiger partial charge in [0.25, 0.3) is 5.91 Å². The molecule has 1 aliphatic heterocycles. The number of rotatable bonds is 5. The number of carbonyl (C=O) groups is 1. The molecule has 4 nitrogen and oxygen atoms in total. The molecule has 29 heavy (non-hydrogen) atoms. The molecule has 1 amide bonds. The molecule has 0 aliphatic carbocycles. The summed E-state index contributed by atoms with van der Waals surface area (Å²) in [7, 11) is 1.59. The van der Waals surface area contributed by atoms with Crippen LogP contribution in [0.25, 0.3) is 6.08 Å². The molecule has 0 N–H and O–H groups in total. The molecule has 1 heterocycles. The molecule has 1 saturated heterocycles. The molecule has 3 rings (SSSR count). The number of thiocarbonyl (C=S) groups is 1. The van der Waals surface area contributed by atoms with Crippen LogP contribution >= 0.6 is 35.6 Å². The van der Waals surface area contributed by atoms with Gasteiger partial charge < -0.3 is 9.47 Å². The number of thioether (sulfide) groups is 1. The molecule has 0 radical (unpaired) electrons. The van der Waals surface area contributed by atoms with Crippen molar-refractivity contribution in [2.24, 2.45) is 0 Å². The number of halogens is 1. The molecule has 1 aliphatic rings. The Labute approximate surface area is 185 Å². The maximum absolute atomic E-state index is 12.8. The standard InChI is InChI=1S/C22H22ClNO3S2/c1-22(2,3)24-20(25)19(29-21(24)28)12-15-7-10-17(18(11-15)26-4)27-13-14-5-8-16(23)9-6-14/h5-12H,13H2,1-4H3/b19-12-. The minimum Gasteiger partial charge on any atom is -0.493 e. The van der Waals surface area contributed by atoms with Gasteiger partial charge in [0, 0.05) is 10.6 Å². The molecule has 2 aromatic rings. The zero-order chi connectivity index (χ0) is 21.2. The van der Waals surface area contributed by atoms with E-state index in [9.17, 15) is 4.79 Å². The molecule has 152 valence electrons. The Morgan fingerprint density at radius 3 is 2.41 bits per heavy atom. The predicted octanol–water partition coefficient (Wildman–Crippen LogP) is 5.93. The van der Waals surface area contributed by atoms with Gasteiger partial charge in [0.2, 0.25) is 0 Å². The molecule has 0 spiro atoms. The van der Waals surface area contributed by atoms with Crippen LogP contribution in [-0.4, -0.2) is 27.8 Å². The van der Waals surface area contributed by atoms with Crippen LogP contribution in [0.3, 0.4) is 0 Å². The quantitative estimate of drug-likeness (QED) is 0.419. The Bertz CT molecular complexity index is 965. The molecule has 0 atom stereocenters. The Balaban J connectivity index is 1.78. The second kappa shape index (κ2) is 8.78. The molecule has 0 unspecified atom stereocenters. The summed E-state index contributed by atoms with van der Waals surface area (Å²) in [6.45, 7) is 6.31. The van der Waals surface area contributed by atoms with Crippen LogP contribution < -0.4 is 9.47 Å². The lowest BCUT2D eigenvalue weighted by Crippen LogP contribution is -2.44. The van der Waals surface area contributed by atoms with Crippen molar-refractivity contribution in [2.75, 3.05) is 7.11 Å². The Hall–Kier alpha value is -2.02. The van der Waals surface area contributed by atoms with E-state index in [0.717, 1.165) is 11.1 Å². The highest BCUT2D eigenvalue weighted by molar-refractivity contribution is 8.26. The van der Waals surface area contributed by atoms with Crippen LogP contribution in [-0.2, 0) is 11.4 Å². The molecule has 2 aromatic carbocycles. The van der Waals surface area contributed by atoms with Gasteiger partial charge in [-0.05, 0) is 62.2 Å². The Kier molecular flexibility index (Phi) is 6.56. The molecular formula is C22H22ClNO3S2. The van der Waals surface area contributed by atoms with E-state index in [0.29, 0.717) is 32.4 Å². The highest BCUT2D eigenvalue weighted by Crippen LogP contribution is 2.38. The van der Waals surface area contributed by atoms with Gasteiger partial charge in [-0.25, -0.2) is 0 Å². The van der Waals surface area contributed by atoms with E-state index in [4.69, 9.17) is 33.3 Å². The lowest BCUT2D eigenvalue weighted by Gasteiger charge is -2.30. The first-order valence-corrected chi connectivity index (χ1v) is 10.6. The highest BCUT2D eigenvalue weighted by Gasteiger charge is 2.39. The van der Waals surface area contributed by atoms with E-state index < -0.39 is 0 Å². The number of hydrogen-bond acceptors (Lipinski definition) is 5. The lowest BCUT2D eigenvalue weighted by molar-refractivity contribution is -0.125. The lowest BCUT2D eigenvalue weighted by atomic mass is 10.1. The number of benzene rings is 2. The molecule has 7 heteroatoms. The van der Waals surface area contributed by atoms with Crippen molar-refractivity contribution < 1.29 is 14.3 Å². The van der Waals surface area contributed by atoms with E-state index in [2.05, 4.69) is 0 Å². The summed E-state index contributed by atoms with van der Waals surface area (Å²) in [5.74, 6) is 1.15. The maximum atomic E-state index is 12.8. The largest absolute Gasteiger partial charge is 0.493 e. The van der Waals surface area contributed by atoms with Crippen molar-refractivity contribution in [2.45, 2.75) is 32.9 Å². The first kappa shape index (κ1) is 21.7. The van der Waals surface area contributed by atoms with Gasteiger partial charge in [0.05, 0.1) is 12.0 Å². The molecule has 0 aromatic heterocycles. The summed E-state index contributed by atoms with van der Waals surface area (Å²) in [6.07, 6.45) is 1.83. The summed E-state index contributed by atoms with van der Waals surface area (Å²) in [5, 5.41) is 0.688. The predicted molar refractivity (Wildman–Crippen MR) is 124 cm³/mol. The monoisotopic (exact) mass is 447 g/mol. The van der Waals surface area contributed by atoms with Crippen LogP contribution in [0.5, 0.6) is 11.5 Å². The van der Waals surface area contributed by atoms with Gasteiger partial charge in [0.15, 0.2) is 11.5 Å². The summed E-state index contributed by atoms with van der Waals surface area (Å²) in [4.78, 5) is 15.0. The average molecular weight is 448 g/mol. The van der Waals surface area contributed by atoms with Gasteiger partial charge in [-0.3, -0.25) is 9.69 Å². The molecular weight excluding hydrogens is 426 g/mol. The van der Waals surface area contributed by atoms with Crippen LogP contribution in [0.1, 0.15) is 31.9 Å². The Morgan fingerprint density at radius 1 is 1.14 bits per heavy atom. The number of hydrogen-bond donors (Lipinski definition) is 0. The first-order chi connectivity index (χ1) is 13.7. The normalized spacial score (nSPS) is 15.9.